The first-order valence-corrected chi connectivity index (χ1v) is 9.20. The third-order valence-electron chi connectivity index (χ3n) is 4.91. The Kier molecular flexibility index (Phi) is 4.70. The minimum Gasteiger partial charge on any atom is -0.317 e. The molecule has 2 atom stereocenters. The van der Waals surface area contributed by atoms with E-state index in [0.717, 1.165) is 24.7 Å². The molecule has 4 heteroatoms. The fraction of sp³-hybridized carbons (Fsp3) is 1.00. The van der Waals surface area contributed by atoms with Gasteiger partial charge < -0.3 is 5.32 Å². The molecule has 106 valence electrons. The molecule has 1 saturated carbocycles. The van der Waals surface area contributed by atoms with E-state index in [0.29, 0.717) is 23.5 Å². The van der Waals surface area contributed by atoms with Gasteiger partial charge in [-0.25, -0.2) is 8.42 Å². The Labute approximate surface area is 112 Å². The average Bonchev–Trinajstić information content (AvgIpc) is 2.67. The topological polar surface area (TPSA) is 46.2 Å². The highest BCUT2D eigenvalue weighted by molar-refractivity contribution is 7.91. The summed E-state index contributed by atoms with van der Waals surface area (Å²) in [7, 11) is -0.683. The number of hydrogen-bond donors (Lipinski definition) is 1. The van der Waals surface area contributed by atoms with Crippen molar-refractivity contribution >= 4 is 9.84 Å². The predicted molar refractivity (Wildman–Crippen MR) is 75.3 cm³/mol. The predicted octanol–water partition coefficient (Wildman–Crippen LogP) is 2.23. The van der Waals surface area contributed by atoms with Gasteiger partial charge in [0.05, 0.1) is 11.5 Å². The van der Waals surface area contributed by atoms with Crippen LogP contribution in [0.4, 0.5) is 0 Å². The summed E-state index contributed by atoms with van der Waals surface area (Å²) in [5.74, 6) is 2.87. The fourth-order valence-electron chi connectivity index (χ4n) is 3.65. The maximum Gasteiger partial charge on any atom is 0.150 e. The summed E-state index contributed by atoms with van der Waals surface area (Å²) < 4.78 is 23.0. The Morgan fingerprint density at radius 2 is 1.83 bits per heavy atom. The molecule has 1 saturated heterocycles. The first-order valence-electron chi connectivity index (χ1n) is 7.38. The van der Waals surface area contributed by atoms with Crippen molar-refractivity contribution in [3.8, 4) is 0 Å². The average molecular weight is 273 g/mol. The Bertz CT molecular complexity index is 358. The van der Waals surface area contributed by atoms with E-state index in [1.165, 1.54) is 25.7 Å². The minimum absolute atomic E-state index is 0.395. The number of nitrogens with one attached hydrogen (secondary N) is 1. The second kappa shape index (κ2) is 5.91. The van der Waals surface area contributed by atoms with Gasteiger partial charge in [-0.15, -0.1) is 0 Å². The second-order valence-electron chi connectivity index (χ2n) is 6.42. The second-order valence-corrected chi connectivity index (χ2v) is 8.65. The molecule has 18 heavy (non-hydrogen) atoms. The van der Waals surface area contributed by atoms with Gasteiger partial charge >= 0.3 is 0 Å². The van der Waals surface area contributed by atoms with Crippen LogP contribution in [0.5, 0.6) is 0 Å². The maximum absolute atomic E-state index is 11.5. The zero-order valence-corrected chi connectivity index (χ0v) is 12.5. The van der Waals surface area contributed by atoms with Gasteiger partial charge in [0.25, 0.3) is 0 Å². The van der Waals surface area contributed by atoms with Crippen LogP contribution in [0.25, 0.3) is 0 Å². The molecule has 0 bridgehead atoms. The minimum atomic E-state index is -2.72. The zero-order chi connectivity index (χ0) is 13.2. The van der Waals surface area contributed by atoms with Crippen LogP contribution < -0.4 is 5.32 Å². The number of sulfone groups is 1. The van der Waals surface area contributed by atoms with Gasteiger partial charge in [-0.1, -0.05) is 19.8 Å². The molecule has 1 heterocycles. The molecule has 0 radical (unpaired) electrons. The van der Waals surface area contributed by atoms with Crippen LogP contribution >= 0.6 is 0 Å². The lowest BCUT2D eigenvalue weighted by molar-refractivity contribution is 0.215. The quantitative estimate of drug-likeness (QED) is 0.854. The van der Waals surface area contributed by atoms with Gasteiger partial charge in [0.1, 0.15) is 0 Å². The van der Waals surface area contributed by atoms with Crippen molar-refractivity contribution in [3.05, 3.63) is 0 Å². The van der Waals surface area contributed by atoms with E-state index in [9.17, 15) is 8.42 Å². The molecule has 0 amide bonds. The monoisotopic (exact) mass is 273 g/mol. The van der Waals surface area contributed by atoms with Gasteiger partial charge in [0.15, 0.2) is 9.84 Å². The first-order chi connectivity index (χ1) is 8.50. The molecule has 0 aromatic heterocycles. The molecule has 2 unspecified atom stereocenters. The van der Waals surface area contributed by atoms with Crippen LogP contribution in [0.15, 0.2) is 0 Å². The van der Waals surface area contributed by atoms with Crippen molar-refractivity contribution in [2.24, 2.45) is 17.8 Å². The van der Waals surface area contributed by atoms with E-state index < -0.39 is 9.84 Å². The molecule has 1 aliphatic carbocycles. The summed E-state index contributed by atoms with van der Waals surface area (Å²) in [4.78, 5) is 0. The lowest BCUT2D eigenvalue weighted by atomic mass is 9.77. The van der Waals surface area contributed by atoms with E-state index in [1.54, 1.807) is 0 Å². The third kappa shape index (κ3) is 3.70. The molecular weight excluding hydrogens is 246 g/mol. The van der Waals surface area contributed by atoms with Crippen molar-refractivity contribution in [2.45, 2.75) is 51.5 Å². The van der Waals surface area contributed by atoms with Gasteiger partial charge in [0, 0.05) is 6.04 Å². The van der Waals surface area contributed by atoms with E-state index in [-0.39, 0.29) is 0 Å². The molecule has 0 aromatic carbocycles. The van der Waals surface area contributed by atoms with Gasteiger partial charge in [-0.05, 0) is 50.5 Å². The van der Waals surface area contributed by atoms with Crippen LogP contribution in [0.3, 0.4) is 0 Å². The van der Waals surface area contributed by atoms with Crippen LogP contribution in [0, 0.1) is 17.8 Å². The van der Waals surface area contributed by atoms with E-state index >= 15 is 0 Å². The van der Waals surface area contributed by atoms with Crippen LogP contribution in [-0.2, 0) is 9.84 Å². The van der Waals surface area contributed by atoms with Crippen molar-refractivity contribution in [1.82, 2.24) is 5.32 Å². The highest BCUT2D eigenvalue weighted by atomic mass is 32.2. The molecular formula is C14H27NO2S. The summed E-state index contributed by atoms with van der Waals surface area (Å²) in [6.45, 7) is 2.34. The molecule has 0 aromatic rings. The molecule has 2 rings (SSSR count). The molecule has 0 spiro atoms. The molecule has 2 fully saturated rings. The van der Waals surface area contributed by atoms with E-state index in [2.05, 4.69) is 12.2 Å². The Morgan fingerprint density at radius 1 is 1.17 bits per heavy atom. The third-order valence-corrected chi connectivity index (χ3v) is 6.75. The summed E-state index contributed by atoms with van der Waals surface area (Å²) in [5, 5.41) is 3.45. The lowest BCUT2D eigenvalue weighted by Gasteiger charge is -2.33. The van der Waals surface area contributed by atoms with Gasteiger partial charge in [-0.3, -0.25) is 0 Å². The Morgan fingerprint density at radius 3 is 2.33 bits per heavy atom. The van der Waals surface area contributed by atoms with Crippen molar-refractivity contribution in [1.29, 1.82) is 0 Å². The zero-order valence-electron chi connectivity index (χ0n) is 11.7. The summed E-state index contributed by atoms with van der Waals surface area (Å²) in [5.41, 5.74) is 0. The number of rotatable bonds is 4. The number of hydrogen-bond acceptors (Lipinski definition) is 3. The van der Waals surface area contributed by atoms with Gasteiger partial charge in [0.2, 0.25) is 0 Å². The van der Waals surface area contributed by atoms with Crippen molar-refractivity contribution in [3.63, 3.8) is 0 Å². The standard InChI is InChI=1S/C14H27NO2S/c1-11-3-5-13(6-4-11)14(15-2)9-12-7-8-18(16,17)10-12/h11-15H,3-10H2,1-2H3. The van der Waals surface area contributed by atoms with Crippen LogP contribution in [0.1, 0.15) is 45.4 Å². The van der Waals surface area contributed by atoms with E-state index in [1.807, 2.05) is 7.05 Å². The smallest absolute Gasteiger partial charge is 0.150 e. The Hall–Kier alpha value is -0.0900. The van der Waals surface area contributed by atoms with Crippen LogP contribution in [-0.4, -0.2) is 33.0 Å². The molecule has 1 N–H and O–H groups in total. The molecule has 1 aliphatic heterocycles. The van der Waals surface area contributed by atoms with Crippen molar-refractivity contribution < 1.29 is 8.42 Å². The SMILES string of the molecule is CNC(CC1CCS(=O)(=O)C1)C1CCC(C)CC1. The summed E-state index contributed by atoms with van der Waals surface area (Å²) >= 11 is 0. The molecule has 3 nitrogen and oxygen atoms in total. The summed E-state index contributed by atoms with van der Waals surface area (Å²) in [6.07, 6.45) is 7.23. The normalized spacial score (nSPS) is 37.6. The first kappa shape index (κ1) is 14.3. The highest BCUT2D eigenvalue weighted by Crippen LogP contribution is 2.34. The Balaban J connectivity index is 1.86. The summed E-state index contributed by atoms with van der Waals surface area (Å²) in [6, 6.07) is 0.524. The van der Waals surface area contributed by atoms with E-state index in [4.69, 9.17) is 0 Å². The fourth-order valence-corrected chi connectivity index (χ4v) is 5.53. The van der Waals surface area contributed by atoms with Crippen molar-refractivity contribution in [2.75, 3.05) is 18.6 Å². The molecule has 2 aliphatic rings. The lowest BCUT2D eigenvalue weighted by Crippen LogP contribution is -2.37. The van der Waals surface area contributed by atoms with Gasteiger partial charge in [-0.2, -0.15) is 0 Å². The maximum atomic E-state index is 11.5. The van der Waals surface area contributed by atoms with Crippen LogP contribution in [0.2, 0.25) is 0 Å². The largest absolute Gasteiger partial charge is 0.317 e. The highest BCUT2D eigenvalue weighted by Gasteiger charge is 2.32.